The zero-order chi connectivity index (χ0) is 13.0. The van der Waals surface area contributed by atoms with Gasteiger partial charge in [-0.2, -0.15) is 0 Å². The fraction of sp³-hybridized carbons (Fsp3) is 0.538. The zero-order valence-corrected chi connectivity index (χ0v) is 12.7. The van der Waals surface area contributed by atoms with E-state index in [0.29, 0.717) is 12.1 Å². The lowest BCUT2D eigenvalue weighted by molar-refractivity contribution is 0.0731. The highest BCUT2D eigenvalue weighted by Crippen LogP contribution is 2.30. The Kier molecular flexibility index (Phi) is 5.30. The molecule has 0 bridgehead atoms. The van der Waals surface area contributed by atoms with E-state index in [4.69, 9.17) is 16.3 Å². The molecule has 0 aliphatic carbocycles. The Morgan fingerprint density at radius 1 is 1.61 bits per heavy atom. The maximum atomic E-state index is 6.07. The lowest BCUT2D eigenvalue weighted by Crippen LogP contribution is -2.43. The van der Waals surface area contributed by atoms with Crippen molar-refractivity contribution >= 4 is 33.2 Å². The van der Waals surface area contributed by atoms with Gasteiger partial charge in [0.2, 0.25) is 0 Å². The van der Waals surface area contributed by atoms with Crippen LogP contribution < -0.4 is 10.6 Å². The molecule has 18 heavy (non-hydrogen) atoms. The molecule has 1 aromatic carbocycles. The topological polar surface area (TPSA) is 33.3 Å². The van der Waals surface area contributed by atoms with Crippen LogP contribution >= 0.6 is 27.5 Å². The fourth-order valence-corrected chi connectivity index (χ4v) is 2.69. The molecule has 0 aromatic heterocycles. The van der Waals surface area contributed by atoms with Crippen LogP contribution in [0.15, 0.2) is 22.7 Å². The number of ether oxygens (including phenoxy) is 1. The molecule has 2 N–H and O–H groups in total. The molecule has 1 heterocycles. The first-order chi connectivity index (χ1) is 8.66. The van der Waals surface area contributed by atoms with Crippen molar-refractivity contribution in [3.63, 3.8) is 0 Å². The van der Waals surface area contributed by atoms with E-state index < -0.39 is 0 Å². The lowest BCUT2D eigenvalue weighted by Gasteiger charge is -2.27. The number of halogens is 2. The second kappa shape index (κ2) is 6.75. The molecule has 1 aromatic rings. The smallest absolute Gasteiger partial charge is 0.0621 e. The number of hydrogen-bond donors (Lipinski definition) is 2. The zero-order valence-electron chi connectivity index (χ0n) is 10.4. The summed E-state index contributed by atoms with van der Waals surface area (Å²) in [6.07, 6.45) is 1.03. The molecule has 1 fully saturated rings. The summed E-state index contributed by atoms with van der Waals surface area (Å²) in [5, 5.41) is 7.66. The summed E-state index contributed by atoms with van der Waals surface area (Å²) in [7, 11) is 0. The lowest BCUT2D eigenvalue weighted by atomic mass is 10.1. The largest absolute Gasteiger partial charge is 0.382 e. The minimum atomic E-state index is 0.360. The maximum absolute atomic E-state index is 6.07. The average Bonchev–Trinajstić information content (AvgIpc) is 2.36. The summed E-state index contributed by atoms with van der Waals surface area (Å²) in [5.74, 6) is 0. The number of nitrogens with one attached hydrogen (secondary N) is 2. The summed E-state index contributed by atoms with van der Waals surface area (Å²) < 4.78 is 6.38. The SMILES string of the molecule is CC(CC1COCCN1)Nc1cccc(Cl)c1Br. The Morgan fingerprint density at radius 2 is 2.44 bits per heavy atom. The fourth-order valence-electron chi connectivity index (χ4n) is 2.14. The molecule has 3 nitrogen and oxygen atoms in total. The molecule has 1 aliphatic rings. The highest BCUT2D eigenvalue weighted by atomic mass is 79.9. The van der Waals surface area contributed by atoms with Crippen LogP contribution in [0.4, 0.5) is 5.69 Å². The Bertz CT molecular complexity index is 397. The van der Waals surface area contributed by atoms with Gasteiger partial charge < -0.3 is 15.4 Å². The molecule has 5 heteroatoms. The quantitative estimate of drug-likeness (QED) is 0.887. The van der Waals surface area contributed by atoms with E-state index in [1.165, 1.54) is 0 Å². The molecule has 1 saturated heterocycles. The first-order valence-electron chi connectivity index (χ1n) is 6.18. The Labute approximate surface area is 121 Å². The van der Waals surface area contributed by atoms with Gasteiger partial charge in [-0.3, -0.25) is 0 Å². The molecule has 0 radical (unpaired) electrons. The van der Waals surface area contributed by atoms with Gasteiger partial charge in [0.05, 0.1) is 28.4 Å². The number of morpholine rings is 1. The van der Waals surface area contributed by atoms with Gasteiger partial charge in [-0.05, 0) is 41.4 Å². The summed E-state index contributed by atoms with van der Waals surface area (Å²) in [5.41, 5.74) is 1.03. The van der Waals surface area contributed by atoms with Crippen molar-refractivity contribution in [1.29, 1.82) is 0 Å². The Morgan fingerprint density at radius 3 is 3.17 bits per heavy atom. The molecule has 2 atom stereocenters. The van der Waals surface area contributed by atoms with E-state index in [1.807, 2.05) is 18.2 Å². The Hall–Kier alpha value is -0.290. The van der Waals surface area contributed by atoms with Crippen molar-refractivity contribution in [1.82, 2.24) is 5.32 Å². The minimum absolute atomic E-state index is 0.360. The van der Waals surface area contributed by atoms with Gasteiger partial charge in [-0.1, -0.05) is 17.7 Å². The molecule has 0 saturated carbocycles. The average molecular weight is 334 g/mol. The standard InChI is InChI=1S/C13H18BrClN2O/c1-9(7-10-8-18-6-5-16-10)17-12-4-2-3-11(15)13(12)14/h2-4,9-10,16-17H,5-8H2,1H3. The van der Waals surface area contributed by atoms with Crippen molar-refractivity contribution < 1.29 is 4.74 Å². The van der Waals surface area contributed by atoms with Gasteiger partial charge >= 0.3 is 0 Å². The van der Waals surface area contributed by atoms with E-state index in [9.17, 15) is 0 Å². The minimum Gasteiger partial charge on any atom is -0.382 e. The molecule has 0 amide bonds. The third-order valence-corrected chi connectivity index (χ3v) is 4.39. The third kappa shape index (κ3) is 3.85. The van der Waals surface area contributed by atoms with Crippen LogP contribution in [0.5, 0.6) is 0 Å². The molecule has 2 unspecified atom stereocenters. The van der Waals surface area contributed by atoms with E-state index >= 15 is 0 Å². The van der Waals surface area contributed by atoms with E-state index in [1.54, 1.807) is 0 Å². The highest BCUT2D eigenvalue weighted by Gasteiger charge is 2.16. The second-order valence-corrected chi connectivity index (χ2v) is 5.81. The first kappa shape index (κ1) is 14.1. The van der Waals surface area contributed by atoms with Crippen LogP contribution in [0.25, 0.3) is 0 Å². The number of anilines is 1. The van der Waals surface area contributed by atoms with Gasteiger partial charge in [-0.15, -0.1) is 0 Å². The van der Waals surface area contributed by atoms with Gasteiger partial charge in [0.1, 0.15) is 0 Å². The van der Waals surface area contributed by atoms with E-state index in [-0.39, 0.29) is 0 Å². The molecule has 2 rings (SSSR count). The van der Waals surface area contributed by atoms with Crippen LogP contribution in [0, 0.1) is 0 Å². The van der Waals surface area contributed by atoms with Crippen LogP contribution in [0.1, 0.15) is 13.3 Å². The van der Waals surface area contributed by atoms with Gasteiger partial charge in [-0.25, -0.2) is 0 Å². The third-order valence-electron chi connectivity index (χ3n) is 2.99. The number of hydrogen-bond acceptors (Lipinski definition) is 3. The molecule has 0 spiro atoms. The predicted molar refractivity (Wildman–Crippen MR) is 79.5 cm³/mol. The number of benzene rings is 1. The summed E-state index contributed by atoms with van der Waals surface area (Å²) >= 11 is 9.57. The van der Waals surface area contributed by atoms with Gasteiger partial charge in [0.15, 0.2) is 0 Å². The molecular formula is C13H18BrClN2O. The van der Waals surface area contributed by atoms with E-state index in [2.05, 4.69) is 33.5 Å². The van der Waals surface area contributed by atoms with Crippen molar-refractivity contribution in [2.75, 3.05) is 25.1 Å². The van der Waals surface area contributed by atoms with Crippen molar-refractivity contribution in [3.05, 3.63) is 27.7 Å². The van der Waals surface area contributed by atoms with Crippen LogP contribution in [0.3, 0.4) is 0 Å². The van der Waals surface area contributed by atoms with Crippen molar-refractivity contribution in [2.24, 2.45) is 0 Å². The Balaban J connectivity index is 1.90. The normalized spacial score (nSPS) is 21.6. The van der Waals surface area contributed by atoms with E-state index in [0.717, 1.165) is 41.4 Å². The maximum Gasteiger partial charge on any atom is 0.0621 e. The molecule has 100 valence electrons. The predicted octanol–water partition coefficient (Wildman–Crippen LogP) is 3.28. The van der Waals surface area contributed by atoms with Crippen LogP contribution in [-0.2, 0) is 4.74 Å². The van der Waals surface area contributed by atoms with Crippen molar-refractivity contribution in [3.8, 4) is 0 Å². The summed E-state index contributed by atoms with van der Waals surface area (Å²) in [6.45, 7) is 4.72. The second-order valence-electron chi connectivity index (χ2n) is 4.61. The molecular weight excluding hydrogens is 316 g/mol. The van der Waals surface area contributed by atoms with Gasteiger partial charge in [0, 0.05) is 18.6 Å². The van der Waals surface area contributed by atoms with Crippen LogP contribution in [0.2, 0.25) is 5.02 Å². The molecule has 1 aliphatic heterocycles. The van der Waals surface area contributed by atoms with Gasteiger partial charge in [0.25, 0.3) is 0 Å². The van der Waals surface area contributed by atoms with Crippen LogP contribution in [-0.4, -0.2) is 31.8 Å². The summed E-state index contributed by atoms with van der Waals surface area (Å²) in [4.78, 5) is 0. The first-order valence-corrected chi connectivity index (χ1v) is 7.35. The summed E-state index contributed by atoms with van der Waals surface area (Å²) in [6, 6.07) is 6.64. The monoisotopic (exact) mass is 332 g/mol. The number of rotatable bonds is 4. The van der Waals surface area contributed by atoms with Crippen molar-refractivity contribution in [2.45, 2.75) is 25.4 Å². The highest BCUT2D eigenvalue weighted by molar-refractivity contribution is 9.10.